The molecule has 1 rings (SSSR count). The zero-order valence-electron chi connectivity index (χ0n) is 9.80. The van der Waals surface area contributed by atoms with E-state index in [-0.39, 0.29) is 19.0 Å². The van der Waals surface area contributed by atoms with Crippen LogP contribution in [0.15, 0.2) is 0 Å². The molecule has 0 aromatic rings. The van der Waals surface area contributed by atoms with Gasteiger partial charge in [-0.1, -0.05) is 6.92 Å². The van der Waals surface area contributed by atoms with Crippen molar-refractivity contribution in [1.29, 1.82) is 0 Å². The van der Waals surface area contributed by atoms with E-state index in [1.165, 1.54) is 4.90 Å². The Labute approximate surface area is 96.2 Å². The first kappa shape index (κ1) is 13.4. The number of aliphatic hydroxyl groups is 2. The number of carbonyl (C=O) groups is 1. The topological polar surface area (TPSA) is 86.8 Å². The monoisotopic (exact) mass is 230 g/mol. The molecule has 1 aliphatic rings. The average molecular weight is 230 g/mol. The Kier molecular flexibility index (Phi) is 5.18. The number of nitrogens with zero attached hydrogens (tertiary/aromatic N) is 1. The van der Waals surface area contributed by atoms with Gasteiger partial charge in [-0.3, -0.25) is 4.79 Å². The van der Waals surface area contributed by atoms with E-state index in [0.717, 1.165) is 12.8 Å². The summed E-state index contributed by atoms with van der Waals surface area (Å²) >= 11 is 0. The predicted molar refractivity (Wildman–Crippen MR) is 60.7 cm³/mol. The molecule has 4 N–H and O–H groups in total. The molecule has 5 nitrogen and oxygen atoms in total. The number of nitrogens with two attached hydrogens (primary N) is 1. The molecule has 1 fully saturated rings. The van der Waals surface area contributed by atoms with Crippen molar-refractivity contribution in [2.24, 2.45) is 11.7 Å². The van der Waals surface area contributed by atoms with Crippen LogP contribution in [0, 0.1) is 5.92 Å². The summed E-state index contributed by atoms with van der Waals surface area (Å²) in [7, 11) is 0. The van der Waals surface area contributed by atoms with Crippen molar-refractivity contribution in [2.75, 3.05) is 19.6 Å². The third-order valence-corrected chi connectivity index (χ3v) is 3.12. The maximum absolute atomic E-state index is 11.7. The van der Waals surface area contributed by atoms with Crippen molar-refractivity contribution >= 4 is 5.91 Å². The number of likely N-dealkylation sites (tertiary alicyclic amines) is 1. The van der Waals surface area contributed by atoms with Crippen molar-refractivity contribution in [3.05, 3.63) is 0 Å². The number of hydrogen-bond acceptors (Lipinski definition) is 4. The van der Waals surface area contributed by atoms with Crippen LogP contribution in [0.5, 0.6) is 0 Å². The molecule has 1 saturated heterocycles. The third-order valence-electron chi connectivity index (χ3n) is 3.12. The van der Waals surface area contributed by atoms with Crippen LogP contribution in [0.4, 0.5) is 0 Å². The molecule has 0 aliphatic carbocycles. The van der Waals surface area contributed by atoms with Crippen LogP contribution in [0.1, 0.15) is 26.2 Å². The first-order valence-electron chi connectivity index (χ1n) is 5.88. The molecular formula is C11H22N2O3. The van der Waals surface area contributed by atoms with Gasteiger partial charge in [0.05, 0.1) is 12.2 Å². The van der Waals surface area contributed by atoms with Crippen LogP contribution < -0.4 is 5.73 Å². The van der Waals surface area contributed by atoms with Gasteiger partial charge < -0.3 is 20.8 Å². The molecule has 1 amide bonds. The summed E-state index contributed by atoms with van der Waals surface area (Å²) in [6.45, 7) is 3.24. The molecule has 0 saturated carbocycles. The molecule has 0 bridgehead atoms. The molecule has 5 heteroatoms. The van der Waals surface area contributed by atoms with Crippen molar-refractivity contribution in [1.82, 2.24) is 4.90 Å². The summed E-state index contributed by atoms with van der Waals surface area (Å²) in [4.78, 5) is 13.2. The van der Waals surface area contributed by atoms with Crippen molar-refractivity contribution in [3.8, 4) is 0 Å². The first-order valence-corrected chi connectivity index (χ1v) is 5.88. The molecule has 0 spiro atoms. The molecule has 3 unspecified atom stereocenters. The van der Waals surface area contributed by atoms with Gasteiger partial charge in [0.2, 0.25) is 5.91 Å². The van der Waals surface area contributed by atoms with Crippen molar-refractivity contribution < 1.29 is 15.0 Å². The molecule has 1 aliphatic heterocycles. The van der Waals surface area contributed by atoms with Crippen LogP contribution in [-0.2, 0) is 4.79 Å². The molecule has 16 heavy (non-hydrogen) atoms. The van der Waals surface area contributed by atoms with Crippen LogP contribution >= 0.6 is 0 Å². The van der Waals surface area contributed by atoms with E-state index in [1.807, 2.05) is 0 Å². The van der Waals surface area contributed by atoms with Gasteiger partial charge >= 0.3 is 0 Å². The second-order valence-electron chi connectivity index (χ2n) is 4.65. The largest absolute Gasteiger partial charge is 0.388 e. The minimum Gasteiger partial charge on any atom is -0.388 e. The number of hydrogen-bond donors (Lipinski definition) is 3. The SMILES string of the molecule is CC(CCN)CCC(=O)N1CC(O)C(O)C1. The van der Waals surface area contributed by atoms with E-state index in [2.05, 4.69) is 6.92 Å². The van der Waals surface area contributed by atoms with Gasteiger partial charge in [0.15, 0.2) is 0 Å². The summed E-state index contributed by atoms with van der Waals surface area (Å²) in [5, 5.41) is 18.6. The summed E-state index contributed by atoms with van der Waals surface area (Å²) in [6.07, 6.45) is 0.647. The van der Waals surface area contributed by atoms with E-state index in [1.54, 1.807) is 0 Å². The number of amides is 1. The van der Waals surface area contributed by atoms with Gasteiger partial charge in [-0.05, 0) is 25.3 Å². The Balaban J connectivity index is 2.25. The van der Waals surface area contributed by atoms with E-state index >= 15 is 0 Å². The van der Waals surface area contributed by atoms with Gasteiger partial charge in [-0.15, -0.1) is 0 Å². The van der Waals surface area contributed by atoms with E-state index < -0.39 is 12.2 Å². The molecule has 1 heterocycles. The summed E-state index contributed by atoms with van der Waals surface area (Å²) in [6, 6.07) is 0. The predicted octanol–water partition coefficient (Wildman–Crippen LogP) is -0.684. The van der Waals surface area contributed by atoms with Crippen molar-refractivity contribution in [2.45, 2.75) is 38.4 Å². The lowest BCUT2D eigenvalue weighted by Crippen LogP contribution is -2.30. The Bertz CT molecular complexity index is 225. The van der Waals surface area contributed by atoms with E-state index in [0.29, 0.717) is 18.9 Å². The fourth-order valence-corrected chi connectivity index (χ4v) is 1.93. The summed E-state index contributed by atoms with van der Waals surface area (Å²) in [5.41, 5.74) is 5.43. The molecule has 0 radical (unpaired) electrons. The maximum Gasteiger partial charge on any atom is 0.222 e. The smallest absolute Gasteiger partial charge is 0.222 e. The van der Waals surface area contributed by atoms with Gasteiger partial charge in [-0.25, -0.2) is 0 Å². The highest BCUT2D eigenvalue weighted by atomic mass is 16.3. The molecule has 3 atom stereocenters. The van der Waals surface area contributed by atoms with Crippen LogP contribution in [0.2, 0.25) is 0 Å². The number of rotatable bonds is 5. The second kappa shape index (κ2) is 6.18. The fourth-order valence-electron chi connectivity index (χ4n) is 1.93. The average Bonchev–Trinajstić information content (AvgIpc) is 2.56. The summed E-state index contributed by atoms with van der Waals surface area (Å²) in [5.74, 6) is 0.464. The van der Waals surface area contributed by atoms with E-state index in [9.17, 15) is 15.0 Å². The number of aliphatic hydroxyl groups excluding tert-OH is 2. The standard InChI is InChI=1S/C11H22N2O3/c1-8(4-5-12)2-3-11(16)13-6-9(14)10(15)7-13/h8-10,14-15H,2-7,12H2,1H3. The highest BCUT2D eigenvalue weighted by Crippen LogP contribution is 2.15. The molecule has 94 valence electrons. The lowest BCUT2D eigenvalue weighted by atomic mass is 10.0. The Morgan fingerprint density at radius 3 is 2.44 bits per heavy atom. The third kappa shape index (κ3) is 3.73. The minimum absolute atomic E-state index is 0.0134. The number of β-amino-alcohol motifs (C(OH)–C–C–N with tert-alkyl or cyclic N) is 2. The fraction of sp³-hybridized carbons (Fsp3) is 0.909. The van der Waals surface area contributed by atoms with Crippen LogP contribution in [0.3, 0.4) is 0 Å². The molecule has 0 aromatic carbocycles. The number of carbonyl (C=O) groups excluding carboxylic acids is 1. The lowest BCUT2D eigenvalue weighted by molar-refractivity contribution is -0.131. The molecule has 0 aromatic heterocycles. The zero-order valence-corrected chi connectivity index (χ0v) is 9.80. The van der Waals surface area contributed by atoms with Crippen LogP contribution in [0.25, 0.3) is 0 Å². The van der Waals surface area contributed by atoms with Crippen LogP contribution in [-0.4, -0.2) is 52.9 Å². The summed E-state index contributed by atoms with van der Waals surface area (Å²) < 4.78 is 0. The second-order valence-corrected chi connectivity index (χ2v) is 4.65. The van der Waals surface area contributed by atoms with Gasteiger partial charge in [0.25, 0.3) is 0 Å². The quantitative estimate of drug-likeness (QED) is 0.584. The highest BCUT2D eigenvalue weighted by Gasteiger charge is 2.32. The maximum atomic E-state index is 11.7. The Morgan fingerprint density at radius 1 is 1.38 bits per heavy atom. The van der Waals surface area contributed by atoms with Gasteiger partial charge in [-0.2, -0.15) is 0 Å². The first-order chi connectivity index (χ1) is 7.54. The molecular weight excluding hydrogens is 208 g/mol. The zero-order chi connectivity index (χ0) is 12.1. The van der Waals surface area contributed by atoms with Gasteiger partial charge in [0.1, 0.15) is 0 Å². The Morgan fingerprint density at radius 2 is 1.94 bits per heavy atom. The van der Waals surface area contributed by atoms with Gasteiger partial charge in [0, 0.05) is 19.5 Å². The van der Waals surface area contributed by atoms with E-state index in [4.69, 9.17) is 5.73 Å². The van der Waals surface area contributed by atoms with Crippen molar-refractivity contribution in [3.63, 3.8) is 0 Å². The lowest BCUT2D eigenvalue weighted by Gasteiger charge is -2.16. The highest BCUT2D eigenvalue weighted by molar-refractivity contribution is 5.76. The normalized spacial score (nSPS) is 27.1. The Hall–Kier alpha value is -0.650. The minimum atomic E-state index is -0.787.